The molecular weight excluding hydrogens is 2600 g/mol. The fraction of sp³-hybridized carbons (Fsp3) is 0.120. The van der Waals surface area contributed by atoms with Crippen molar-refractivity contribution in [3.05, 3.63) is 540 Å². The number of rotatable bonds is 10. The molecule has 15 heteroatoms. The van der Waals surface area contributed by atoms with Gasteiger partial charge in [0.25, 0.3) is 0 Å². The average molecular weight is 2710 g/mol. The molecule has 5 radical (unpaired) electrons. The van der Waals surface area contributed by atoms with Gasteiger partial charge in [0.1, 0.15) is 0 Å². The number of nitrogens with zero attached hydrogens (tertiary/aromatic N) is 10. The molecule has 20 rings (SSSR count). The molecule has 0 amide bonds. The summed E-state index contributed by atoms with van der Waals surface area (Å²) in [6.07, 6.45) is 18.3. The summed E-state index contributed by atoms with van der Waals surface area (Å²) >= 11 is 0. The van der Waals surface area contributed by atoms with Gasteiger partial charge in [0.2, 0.25) is 0 Å². The molecule has 10 heterocycles. The number of hydrogen-bond acceptors (Lipinski definition) is 10. The van der Waals surface area contributed by atoms with Crippen molar-refractivity contribution in [2.45, 2.75) is 104 Å². The standard InChI is InChI=1S/5C13H12N.5C12H10N.5Ir/c2*1-10-4-3-5-12(8-10)13-9-11(2)6-7-14-13;3*1-10-4-3-5-12(8-10)13-7-6-11(2)9-14-13;5*1-10-5-4-6-11(9-10)12-7-2-3-8-13-12;;;;;/h5*3-4,6-9H,1-2H3;5*2-5,7-9H,1H3;;;;;/q10*-1;;;;;. The van der Waals surface area contributed by atoms with E-state index in [4.69, 9.17) is 0 Å². The Bertz CT molecular complexity index is 6110. The predicted molar refractivity (Wildman–Crippen MR) is 556 cm³/mol. The van der Waals surface area contributed by atoms with E-state index < -0.39 is 0 Å². The smallest absolute Gasteiger partial charge is 0.0190 e. The zero-order valence-electron chi connectivity index (χ0n) is 81.2. The molecule has 20 aromatic rings. The predicted octanol–water partition coefficient (Wildman–Crippen LogP) is 30.1. The van der Waals surface area contributed by atoms with Crippen molar-refractivity contribution in [2.24, 2.45) is 0 Å². The molecule has 10 nitrogen and oxygen atoms in total. The number of aromatic nitrogens is 10. The maximum absolute atomic E-state index is 4.36. The minimum Gasteiger partial charge on any atom is -0.305 e. The molecule has 0 fully saturated rings. The second kappa shape index (κ2) is 62.8. The van der Waals surface area contributed by atoms with Crippen LogP contribution in [0.4, 0.5) is 0 Å². The van der Waals surface area contributed by atoms with Gasteiger partial charge in [-0.05, 0) is 151 Å². The van der Waals surface area contributed by atoms with E-state index >= 15 is 0 Å². The number of pyridine rings is 10. The molecule has 0 aliphatic rings. The number of benzene rings is 10. The topological polar surface area (TPSA) is 129 Å². The van der Waals surface area contributed by atoms with E-state index in [9.17, 15) is 0 Å². The van der Waals surface area contributed by atoms with Crippen molar-refractivity contribution in [2.75, 3.05) is 0 Å². The Balaban J connectivity index is 0.000000237. The van der Waals surface area contributed by atoms with E-state index in [0.717, 1.165) is 113 Å². The van der Waals surface area contributed by atoms with E-state index in [1.165, 1.54) is 83.5 Å². The number of aryl methyl sites for hydroxylation is 15. The first kappa shape index (κ1) is 116. The Morgan fingerprint density at radius 3 is 0.414 bits per heavy atom. The van der Waals surface area contributed by atoms with Gasteiger partial charge in [0.15, 0.2) is 0 Å². The van der Waals surface area contributed by atoms with Gasteiger partial charge in [0, 0.05) is 162 Å². The third-order valence-corrected chi connectivity index (χ3v) is 20.2. The first-order valence-corrected chi connectivity index (χ1v) is 44.6. The van der Waals surface area contributed by atoms with Gasteiger partial charge in [-0.2, -0.15) is 0 Å². The summed E-state index contributed by atoms with van der Waals surface area (Å²) in [4.78, 5) is 43.0. The summed E-state index contributed by atoms with van der Waals surface area (Å²) in [5, 5.41) is 0. The molecule has 10 aromatic carbocycles. The Kier molecular flexibility index (Phi) is 51.9. The fourth-order valence-corrected chi connectivity index (χ4v) is 13.1. The molecule has 0 atom stereocenters. The maximum atomic E-state index is 4.36. The van der Waals surface area contributed by atoms with Crippen LogP contribution in [0.2, 0.25) is 0 Å². The first-order chi connectivity index (χ1) is 65.6. The van der Waals surface area contributed by atoms with E-state index in [1.54, 1.807) is 31.0 Å². The zero-order valence-corrected chi connectivity index (χ0v) is 93.1. The largest absolute Gasteiger partial charge is 0.305 e. The van der Waals surface area contributed by atoms with Crippen LogP contribution in [0.15, 0.2) is 396 Å². The van der Waals surface area contributed by atoms with Crippen molar-refractivity contribution < 1.29 is 101 Å². The molecule has 715 valence electrons. The zero-order chi connectivity index (χ0) is 95.3. The van der Waals surface area contributed by atoms with Gasteiger partial charge in [-0.15, -0.1) is 354 Å². The van der Waals surface area contributed by atoms with Gasteiger partial charge < -0.3 is 49.8 Å². The molecule has 0 aliphatic heterocycles. The van der Waals surface area contributed by atoms with Crippen LogP contribution in [0, 0.1) is 165 Å². The SMILES string of the molecule is Cc1cc[c-]c(-c2cc(C)ccn2)c1.Cc1cc[c-]c(-c2cc(C)ccn2)c1.Cc1cc[c-]c(-c2ccccn2)c1.Cc1cc[c-]c(-c2ccccn2)c1.Cc1cc[c-]c(-c2ccccn2)c1.Cc1cc[c-]c(-c2ccccn2)c1.Cc1cc[c-]c(-c2ccccn2)c1.Cc1ccc(-c2[c-]ccc(C)c2)nc1.Cc1ccc(-c2[c-]ccc(C)c2)nc1.Cc1ccc(-c2[c-]ccc(C)c2)nc1.[Ir].[Ir].[Ir].[Ir].[Ir]. The van der Waals surface area contributed by atoms with Gasteiger partial charge in [0.05, 0.1) is 0 Å². The Hall–Kier alpha value is -13.1. The van der Waals surface area contributed by atoms with E-state index in [0.29, 0.717) is 0 Å². The van der Waals surface area contributed by atoms with Crippen LogP contribution in [-0.4, -0.2) is 49.8 Å². The fourth-order valence-electron chi connectivity index (χ4n) is 13.1. The molecule has 0 aliphatic carbocycles. The van der Waals surface area contributed by atoms with E-state index in [-0.39, 0.29) is 101 Å². The van der Waals surface area contributed by atoms with Gasteiger partial charge >= 0.3 is 0 Å². The van der Waals surface area contributed by atoms with Gasteiger partial charge in [-0.3, -0.25) is 0 Å². The second-order valence-electron chi connectivity index (χ2n) is 32.5. The molecule has 0 saturated heterocycles. The summed E-state index contributed by atoms with van der Waals surface area (Å²) < 4.78 is 0. The van der Waals surface area contributed by atoms with E-state index in [2.05, 4.69) is 285 Å². The monoisotopic (exact) mass is 2720 g/mol. The second-order valence-corrected chi connectivity index (χ2v) is 32.5. The van der Waals surface area contributed by atoms with Crippen LogP contribution < -0.4 is 0 Å². The Morgan fingerprint density at radius 2 is 0.279 bits per heavy atom. The van der Waals surface area contributed by atoms with Crippen molar-refractivity contribution in [3.63, 3.8) is 0 Å². The molecular formula is C125H110Ir5N10-10. The minimum atomic E-state index is 0. The Morgan fingerprint density at radius 1 is 0.129 bits per heavy atom. The third kappa shape index (κ3) is 40.8. The summed E-state index contributed by atoms with van der Waals surface area (Å²) in [5.41, 5.74) is 38.8. The summed E-state index contributed by atoms with van der Waals surface area (Å²) in [6.45, 7) is 31.0. The first-order valence-electron chi connectivity index (χ1n) is 44.6. The van der Waals surface area contributed by atoms with Crippen LogP contribution >= 0.6 is 0 Å². The minimum absolute atomic E-state index is 0. The van der Waals surface area contributed by atoms with E-state index in [1.807, 2.05) is 294 Å². The quantitative estimate of drug-likeness (QED) is 0.122. The average Bonchev–Trinajstić information content (AvgIpc) is 0.846. The summed E-state index contributed by atoms with van der Waals surface area (Å²) in [6, 6.07) is 142. The molecule has 10 aromatic heterocycles. The van der Waals surface area contributed by atoms with Crippen LogP contribution in [0.1, 0.15) is 83.5 Å². The van der Waals surface area contributed by atoms with Crippen molar-refractivity contribution >= 4 is 0 Å². The van der Waals surface area contributed by atoms with Gasteiger partial charge in [-0.25, -0.2) is 0 Å². The molecule has 0 unspecified atom stereocenters. The molecule has 0 spiro atoms. The molecule has 0 bridgehead atoms. The van der Waals surface area contributed by atoms with Crippen LogP contribution in [0.25, 0.3) is 113 Å². The van der Waals surface area contributed by atoms with Crippen LogP contribution in [0.3, 0.4) is 0 Å². The summed E-state index contributed by atoms with van der Waals surface area (Å²) in [5.74, 6) is 0. The molecule has 0 N–H and O–H groups in total. The van der Waals surface area contributed by atoms with Gasteiger partial charge in [-0.1, -0.05) is 190 Å². The van der Waals surface area contributed by atoms with Crippen molar-refractivity contribution in [1.29, 1.82) is 0 Å². The maximum Gasteiger partial charge on any atom is 0.0190 e. The van der Waals surface area contributed by atoms with Crippen LogP contribution in [0.5, 0.6) is 0 Å². The third-order valence-electron chi connectivity index (χ3n) is 20.2. The Labute approximate surface area is 898 Å². The normalized spacial score (nSPS) is 9.68. The molecule has 0 saturated carbocycles. The van der Waals surface area contributed by atoms with Crippen LogP contribution in [-0.2, 0) is 101 Å². The summed E-state index contributed by atoms with van der Waals surface area (Å²) in [7, 11) is 0. The van der Waals surface area contributed by atoms with Crippen molar-refractivity contribution in [3.8, 4) is 113 Å². The number of hydrogen-bond donors (Lipinski definition) is 0. The van der Waals surface area contributed by atoms with Crippen molar-refractivity contribution in [1.82, 2.24) is 49.8 Å². The molecule has 140 heavy (non-hydrogen) atoms.